The van der Waals surface area contributed by atoms with Crippen LogP contribution < -0.4 is 5.32 Å². The zero-order chi connectivity index (χ0) is 12.7. The number of carbonyl (C=O) groups is 1. The van der Waals surface area contributed by atoms with E-state index < -0.39 is 0 Å². The molecule has 0 saturated heterocycles. The second kappa shape index (κ2) is 7.81. The molecule has 0 bridgehead atoms. The van der Waals surface area contributed by atoms with Crippen LogP contribution >= 0.6 is 12.2 Å². The van der Waals surface area contributed by atoms with Gasteiger partial charge >= 0.3 is 119 Å². The van der Waals surface area contributed by atoms with Gasteiger partial charge in [0.1, 0.15) is 0 Å². The van der Waals surface area contributed by atoms with Gasteiger partial charge in [0.15, 0.2) is 0 Å². The second-order valence-electron chi connectivity index (χ2n) is 3.81. The number of carbonyl (C=O) groups excluding carboxylic acids is 1. The van der Waals surface area contributed by atoms with E-state index in [0.717, 1.165) is 8.60 Å². The van der Waals surface area contributed by atoms with Crippen molar-refractivity contribution in [3.05, 3.63) is 35.4 Å². The quantitative estimate of drug-likeness (QED) is 0.495. The fourth-order valence-electron chi connectivity index (χ4n) is 1.22. The number of amides is 1. The van der Waals surface area contributed by atoms with Crippen LogP contribution in [-0.4, -0.2) is 29.9 Å². The predicted molar refractivity (Wildman–Crippen MR) is 76.7 cm³/mol. The van der Waals surface area contributed by atoms with Crippen LogP contribution in [0.3, 0.4) is 0 Å². The van der Waals surface area contributed by atoms with E-state index in [1.807, 2.05) is 31.2 Å². The molecule has 4 heteroatoms. The predicted octanol–water partition coefficient (Wildman–Crippen LogP) is 2.93. The molecule has 0 aliphatic heterocycles. The average Bonchev–Trinajstić information content (AvgIpc) is 2.30. The van der Waals surface area contributed by atoms with E-state index >= 15 is 0 Å². The van der Waals surface area contributed by atoms with Gasteiger partial charge in [0, 0.05) is 0 Å². The third-order valence-corrected chi connectivity index (χ3v) is 5.60. The molecule has 0 saturated carbocycles. The molecule has 0 spiro atoms. The summed E-state index contributed by atoms with van der Waals surface area (Å²) >= 11 is 4.84. The molecule has 2 nitrogen and oxygen atoms in total. The van der Waals surface area contributed by atoms with Crippen molar-refractivity contribution in [2.75, 3.05) is 0 Å². The van der Waals surface area contributed by atoms with Gasteiger partial charge in [-0.1, -0.05) is 0 Å². The number of thiocarbonyl (C=S) groups is 1. The molecule has 1 aromatic rings. The fourth-order valence-corrected chi connectivity index (χ4v) is 4.10. The van der Waals surface area contributed by atoms with Gasteiger partial charge in [0.2, 0.25) is 0 Å². The molecular weight excluding hydrogens is 346 g/mol. The topological polar surface area (TPSA) is 29.1 Å². The van der Waals surface area contributed by atoms with E-state index in [0.29, 0.717) is 5.56 Å². The van der Waals surface area contributed by atoms with Crippen LogP contribution in [0.5, 0.6) is 0 Å². The first-order valence-electron chi connectivity index (χ1n) is 5.68. The van der Waals surface area contributed by atoms with E-state index in [2.05, 4.69) is 12.2 Å². The molecule has 1 aromatic carbocycles. The molecule has 0 aliphatic carbocycles. The van der Waals surface area contributed by atoms with Gasteiger partial charge < -0.3 is 0 Å². The third-order valence-electron chi connectivity index (χ3n) is 2.26. The average molecular weight is 363 g/mol. The van der Waals surface area contributed by atoms with Crippen LogP contribution in [-0.2, 0) is 0 Å². The summed E-state index contributed by atoms with van der Waals surface area (Å²) < 4.78 is 1.95. The van der Waals surface area contributed by atoms with Gasteiger partial charge in [-0.3, -0.25) is 0 Å². The van der Waals surface area contributed by atoms with Crippen LogP contribution in [0, 0.1) is 6.92 Å². The summed E-state index contributed by atoms with van der Waals surface area (Å²) in [5, 5.41) is 2.82. The van der Waals surface area contributed by atoms with E-state index in [-0.39, 0.29) is 26.8 Å². The Balaban J connectivity index is 2.43. The van der Waals surface area contributed by atoms with E-state index in [1.54, 1.807) is 0 Å². The molecule has 0 unspecified atom stereocenters. The van der Waals surface area contributed by atoms with Gasteiger partial charge in [-0.2, -0.15) is 0 Å². The van der Waals surface area contributed by atoms with Crippen molar-refractivity contribution in [3.8, 4) is 0 Å². The number of hydrogen-bond donors (Lipinski definition) is 1. The summed E-state index contributed by atoms with van der Waals surface area (Å²) in [7, 11) is 0. The summed E-state index contributed by atoms with van der Waals surface area (Å²) in [5.41, 5.74) is 1.83. The third kappa shape index (κ3) is 5.63. The first-order chi connectivity index (χ1) is 8.13. The zero-order valence-electron chi connectivity index (χ0n) is 10.2. The first-order valence-corrected chi connectivity index (χ1v) is 8.90. The number of aryl methyl sites for hydroxylation is 1. The SMILES string of the molecule is CCCC[Te]C(=S)NC(=O)c1ccc(C)cc1. The Morgan fingerprint density at radius 1 is 1.35 bits per heavy atom. The summed E-state index contributed by atoms with van der Waals surface area (Å²) in [6.07, 6.45) is 2.40. The van der Waals surface area contributed by atoms with E-state index in [1.165, 1.54) is 17.3 Å². The zero-order valence-corrected chi connectivity index (χ0v) is 13.3. The number of rotatable bonds is 5. The van der Waals surface area contributed by atoms with Crippen LogP contribution in [0.25, 0.3) is 0 Å². The monoisotopic (exact) mass is 365 g/mol. The van der Waals surface area contributed by atoms with Crippen molar-refractivity contribution in [2.45, 2.75) is 31.2 Å². The summed E-state index contributed by atoms with van der Waals surface area (Å²) in [5.74, 6) is -0.0726. The number of unbranched alkanes of at least 4 members (excludes halogenated alkanes) is 1. The van der Waals surface area contributed by atoms with Gasteiger partial charge in [-0.25, -0.2) is 0 Å². The van der Waals surface area contributed by atoms with Crippen molar-refractivity contribution in [2.24, 2.45) is 0 Å². The first kappa shape index (κ1) is 14.6. The molecular formula is C13H17NOSTe. The minimum atomic E-state index is -0.353. The van der Waals surface area contributed by atoms with Crippen molar-refractivity contribution < 1.29 is 4.79 Å². The fraction of sp³-hybridized carbons (Fsp3) is 0.385. The molecule has 0 heterocycles. The van der Waals surface area contributed by atoms with Gasteiger partial charge in [-0.15, -0.1) is 0 Å². The molecule has 1 rings (SSSR count). The summed E-state index contributed by atoms with van der Waals surface area (Å²) in [4.78, 5) is 11.8. The van der Waals surface area contributed by atoms with Crippen molar-refractivity contribution >= 4 is 42.1 Å². The molecule has 17 heavy (non-hydrogen) atoms. The van der Waals surface area contributed by atoms with Crippen LogP contribution in [0.15, 0.2) is 24.3 Å². The molecule has 0 aliphatic rings. The van der Waals surface area contributed by atoms with Gasteiger partial charge in [0.05, 0.1) is 0 Å². The Morgan fingerprint density at radius 3 is 2.59 bits per heavy atom. The van der Waals surface area contributed by atoms with Gasteiger partial charge in [-0.05, 0) is 0 Å². The summed E-state index contributed by atoms with van der Waals surface area (Å²) in [6, 6.07) is 7.54. The Kier molecular flexibility index (Phi) is 6.72. The van der Waals surface area contributed by atoms with E-state index in [4.69, 9.17) is 12.2 Å². The molecule has 1 amide bonds. The van der Waals surface area contributed by atoms with Crippen molar-refractivity contribution in [1.82, 2.24) is 5.32 Å². The van der Waals surface area contributed by atoms with Crippen molar-refractivity contribution in [1.29, 1.82) is 0 Å². The number of nitrogens with one attached hydrogen (secondary N) is 1. The molecule has 0 atom stereocenters. The molecule has 92 valence electrons. The standard InChI is InChI=1S/C13H17NOSTe/c1-3-4-9-17-13(16)14-12(15)11-7-5-10(2)6-8-11/h5-8H,3-4,9H2,1-2H3,(H,14,15,16). The molecule has 0 fully saturated rings. The Labute approximate surface area is 118 Å². The Morgan fingerprint density at radius 2 is 2.00 bits per heavy atom. The van der Waals surface area contributed by atoms with Crippen LogP contribution in [0.4, 0.5) is 0 Å². The minimum absolute atomic E-state index is 0.0726. The number of benzene rings is 1. The Hall–Kier alpha value is -0.430. The maximum absolute atomic E-state index is 11.8. The number of hydrogen-bond acceptors (Lipinski definition) is 2. The van der Waals surface area contributed by atoms with Gasteiger partial charge in [0.25, 0.3) is 0 Å². The maximum atomic E-state index is 11.8. The summed E-state index contributed by atoms with van der Waals surface area (Å²) in [6.45, 7) is 4.17. The van der Waals surface area contributed by atoms with E-state index in [9.17, 15) is 4.79 Å². The molecule has 1 N–H and O–H groups in total. The molecule has 0 aromatic heterocycles. The van der Waals surface area contributed by atoms with Crippen LogP contribution in [0.1, 0.15) is 35.7 Å². The van der Waals surface area contributed by atoms with Crippen LogP contribution in [0.2, 0.25) is 4.47 Å². The van der Waals surface area contributed by atoms with Crippen molar-refractivity contribution in [3.63, 3.8) is 0 Å². The Bertz CT molecular complexity index is 389. The normalized spacial score (nSPS) is 10.0. The molecule has 0 radical (unpaired) electrons. The second-order valence-corrected chi connectivity index (χ2v) is 8.18.